The van der Waals surface area contributed by atoms with E-state index in [1.165, 1.54) is 0 Å². The van der Waals surface area contributed by atoms with E-state index in [2.05, 4.69) is 15.6 Å². The van der Waals surface area contributed by atoms with E-state index in [1.807, 2.05) is 50.2 Å². The van der Waals surface area contributed by atoms with Crippen molar-refractivity contribution in [1.82, 2.24) is 15.2 Å². The molecule has 3 rings (SSSR count). The van der Waals surface area contributed by atoms with Crippen LogP contribution in [-0.4, -0.2) is 34.4 Å². The average Bonchev–Trinajstić information content (AvgIpc) is 2.63. The summed E-state index contributed by atoms with van der Waals surface area (Å²) >= 11 is 0. The highest BCUT2D eigenvalue weighted by molar-refractivity contribution is 6.03. The first-order valence-electron chi connectivity index (χ1n) is 8.39. The average molecular weight is 338 g/mol. The molecule has 1 atom stereocenters. The standard InChI is InChI=1S/C19H22N4O2/c1-13(2)18-22-16-9-4-3-8-15(16)19(25)23(18)12-17(24)21-11-14-7-5-6-10-20-14/h3-10,13,18,22H,11-12H2,1-2H3,(H,21,24). The third-order valence-corrected chi connectivity index (χ3v) is 4.20. The van der Waals surface area contributed by atoms with Gasteiger partial charge in [0.25, 0.3) is 5.91 Å². The number of amides is 2. The zero-order valence-electron chi connectivity index (χ0n) is 14.4. The van der Waals surface area contributed by atoms with Crippen LogP contribution in [0.1, 0.15) is 29.9 Å². The van der Waals surface area contributed by atoms with Crippen molar-refractivity contribution in [2.45, 2.75) is 26.6 Å². The molecule has 1 unspecified atom stereocenters. The highest BCUT2D eigenvalue weighted by Gasteiger charge is 2.34. The van der Waals surface area contributed by atoms with Crippen LogP contribution in [-0.2, 0) is 11.3 Å². The van der Waals surface area contributed by atoms with Gasteiger partial charge in [-0.15, -0.1) is 0 Å². The monoisotopic (exact) mass is 338 g/mol. The molecule has 0 spiro atoms. The summed E-state index contributed by atoms with van der Waals surface area (Å²) in [5, 5.41) is 6.20. The minimum atomic E-state index is -0.219. The predicted octanol–water partition coefficient (Wildman–Crippen LogP) is 2.25. The zero-order chi connectivity index (χ0) is 17.8. The van der Waals surface area contributed by atoms with Gasteiger partial charge in [0.05, 0.1) is 17.8 Å². The highest BCUT2D eigenvalue weighted by Crippen LogP contribution is 2.27. The quantitative estimate of drug-likeness (QED) is 0.877. The summed E-state index contributed by atoms with van der Waals surface area (Å²) in [6.45, 7) is 4.41. The third kappa shape index (κ3) is 3.79. The Bertz CT molecular complexity index is 761. The van der Waals surface area contributed by atoms with Crippen molar-refractivity contribution in [3.63, 3.8) is 0 Å². The molecule has 1 aliphatic rings. The van der Waals surface area contributed by atoms with Crippen LogP contribution in [0.3, 0.4) is 0 Å². The Morgan fingerprint density at radius 3 is 2.72 bits per heavy atom. The number of pyridine rings is 1. The van der Waals surface area contributed by atoms with Crippen LogP contribution in [0.5, 0.6) is 0 Å². The molecule has 1 aromatic carbocycles. The molecule has 0 aliphatic carbocycles. The Morgan fingerprint density at radius 2 is 2.00 bits per heavy atom. The second-order valence-corrected chi connectivity index (χ2v) is 6.41. The van der Waals surface area contributed by atoms with Crippen LogP contribution < -0.4 is 10.6 Å². The maximum absolute atomic E-state index is 12.8. The van der Waals surface area contributed by atoms with Crippen LogP contribution in [0.2, 0.25) is 0 Å². The molecule has 6 nitrogen and oxygen atoms in total. The van der Waals surface area contributed by atoms with Gasteiger partial charge in [0.2, 0.25) is 5.91 Å². The van der Waals surface area contributed by atoms with Gasteiger partial charge in [0, 0.05) is 11.9 Å². The van der Waals surface area contributed by atoms with E-state index < -0.39 is 0 Å². The van der Waals surface area contributed by atoms with Gasteiger partial charge in [-0.2, -0.15) is 0 Å². The molecular weight excluding hydrogens is 316 g/mol. The second kappa shape index (κ2) is 7.34. The largest absolute Gasteiger partial charge is 0.364 e. The predicted molar refractivity (Wildman–Crippen MR) is 95.8 cm³/mol. The van der Waals surface area contributed by atoms with Crippen LogP contribution in [0.25, 0.3) is 0 Å². The summed E-state index contributed by atoms with van der Waals surface area (Å²) in [7, 11) is 0. The molecule has 0 bridgehead atoms. The molecule has 0 saturated carbocycles. The zero-order valence-corrected chi connectivity index (χ0v) is 14.4. The van der Waals surface area contributed by atoms with Crippen LogP contribution in [0.15, 0.2) is 48.7 Å². The van der Waals surface area contributed by atoms with Crippen molar-refractivity contribution in [3.8, 4) is 0 Å². The first-order chi connectivity index (χ1) is 12.1. The first-order valence-corrected chi connectivity index (χ1v) is 8.39. The van der Waals surface area contributed by atoms with Gasteiger partial charge in [0.1, 0.15) is 12.7 Å². The van der Waals surface area contributed by atoms with Gasteiger partial charge in [-0.3, -0.25) is 14.6 Å². The Balaban J connectivity index is 1.71. The van der Waals surface area contributed by atoms with Gasteiger partial charge in [-0.05, 0) is 30.2 Å². The van der Waals surface area contributed by atoms with E-state index in [0.29, 0.717) is 12.1 Å². The van der Waals surface area contributed by atoms with Gasteiger partial charge in [0.15, 0.2) is 0 Å². The molecule has 0 fully saturated rings. The minimum Gasteiger partial charge on any atom is -0.364 e. The number of fused-ring (bicyclic) bond motifs is 1. The maximum atomic E-state index is 12.8. The Hall–Kier alpha value is -2.89. The molecule has 2 amide bonds. The summed E-state index contributed by atoms with van der Waals surface area (Å²) < 4.78 is 0. The van der Waals surface area contributed by atoms with Crippen molar-refractivity contribution in [1.29, 1.82) is 0 Å². The van der Waals surface area contributed by atoms with Gasteiger partial charge < -0.3 is 15.5 Å². The van der Waals surface area contributed by atoms with Crippen molar-refractivity contribution in [2.75, 3.05) is 11.9 Å². The third-order valence-electron chi connectivity index (χ3n) is 4.20. The van der Waals surface area contributed by atoms with E-state index in [0.717, 1.165) is 11.4 Å². The molecule has 1 aromatic heterocycles. The van der Waals surface area contributed by atoms with E-state index >= 15 is 0 Å². The van der Waals surface area contributed by atoms with Crippen molar-refractivity contribution >= 4 is 17.5 Å². The summed E-state index contributed by atoms with van der Waals surface area (Å²) in [4.78, 5) is 31.0. The number of nitrogens with one attached hydrogen (secondary N) is 2. The van der Waals surface area contributed by atoms with E-state index in [1.54, 1.807) is 17.2 Å². The highest BCUT2D eigenvalue weighted by atomic mass is 16.2. The lowest BCUT2D eigenvalue weighted by Gasteiger charge is -2.39. The van der Waals surface area contributed by atoms with Gasteiger partial charge in [-0.1, -0.05) is 32.0 Å². The number of hydrogen-bond acceptors (Lipinski definition) is 4. The number of nitrogens with zero attached hydrogens (tertiary/aromatic N) is 2. The summed E-state index contributed by atoms with van der Waals surface area (Å²) in [5.41, 5.74) is 2.19. The fraction of sp³-hybridized carbons (Fsp3) is 0.316. The normalized spacial score (nSPS) is 16.4. The Labute approximate surface area is 147 Å². The molecule has 0 saturated heterocycles. The van der Waals surface area contributed by atoms with Crippen molar-refractivity contribution in [2.24, 2.45) is 5.92 Å². The number of rotatable bonds is 5. The lowest BCUT2D eigenvalue weighted by molar-refractivity contribution is -0.122. The van der Waals surface area contributed by atoms with Gasteiger partial charge in [-0.25, -0.2) is 0 Å². The van der Waals surface area contributed by atoms with Crippen LogP contribution >= 0.6 is 0 Å². The Morgan fingerprint density at radius 1 is 1.24 bits per heavy atom. The number of para-hydroxylation sites is 1. The number of carbonyl (C=O) groups is 2. The SMILES string of the molecule is CC(C)C1Nc2ccccc2C(=O)N1CC(=O)NCc1ccccn1. The number of carbonyl (C=O) groups excluding carboxylic acids is 2. The van der Waals surface area contributed by atoms with E-state index in [4.69, 9.17) is 0 Å². The second-order valence-electron chi connectivity index (χ2n) is 6.41. The molecule has 1 aliphatic heterocycles. The number of benzene rings is 1. The van der Waals surface area contributed by atoms with Crippen LogP contribution in [0, 0.1) is 5.92 Å². The molecule has 2 heterocycles. The summed E-state index contributed by atoms with van der Waals surface area (Å²) in [6.07, 6.45) is 1.47. The maximum Gasteiger partial charge on any atom is 0.258 e. The number of anilines is 1. The van der Waals surface area contributed by atoms with E-state index in [9.17, 15) is 9.59 Å². The number of hydrogen-bond donors (Lipinski definition) is 2. The molecule has 130 valence electrons. The topological polar surface area (TPSA) is 74.3 Å². The minimum absolute atomic E-state index is 0.00977. The molecular formula is C19H22N4O2. The molecule has 2 N–H and O–H groups in total. The van der Waals surface area contributed by atoms with Crippen molar-refractivity contribution in [3.05, 3.63) is 59.9 Å². The smallest absolute Gasteiger partial charge is 0.258 e. The van der Waals surface area contributed by atoms with Crippen molar-refractivity contribution < 1.29 is 9.59 Å². The molecule has 25 heavy (non-hydrogen) atoms. The Kier molecular flexibility index (Phi) is 4.97. The molecule has 0 radical (unpaired) electrons. The lowest BCUT2D eigenvalue weighted by Crippen LogP contribution is -2.54. The van der Waals surface area contributed by atoms with Gasteiger partial charge >= 0.3 is 0 Å². The number of aromatic nitrogens is 1. The lowest BCUT2D eigenvalue weighted by atomic mass is 10.0. The van der Waals surface area contributed by atoms with E-state index in [-0.39, 0.29) is 30.4 Å². The first kappa shape index (κ1) is 17.0. The molecule has 6 heteroatoms. The fourth-order valence-corrected chi connectivity index (χ4v) is 2.91. The fourth-order valence-electron chi connectivity index (χ4n) is 2.91. The summed E-state index contributed by atoms with van der Waals surface area (Å²) in [5.74, 6) is -0.159. The van der Waals surface area contributed by atoms with Crippen LogP contribution in [0.4, 0.5) is 5.69 Å². The molecule has 2 aromatic rings. The summed E-state index contributed by atoms with van der Waals surface area (Å²) in [6, 6.07) is 12.9.